The predicted octanol–water partition coefficient (Wildman–Crippen LogP) is 2.37. The van der Waals surface area contributed by atoms with Crippen LogP contribution < -0.4 is 0 Å². The number of hydrogen-bond donors (Lipinski definition) is 0. The Bertz CT molecular complexity index is 201. The van der Waals surface area contributed by atoms with Gasteiger partial charge in [0.15, 0.2) is 0 Å². The van der Waals surface area contributed by atoms with Gasteiger partial charge in [-0.3, -0.25) is 0 Å². The van der Waals surface area contributed by atoms with Crippen LogP contribution in [0.1, 0.15) is 31.1 Å². The third-order valence-corrected chi connectivity index (χ3v) is 1.84. The average Bonchev–Trinajstić information content (AvgIpc) is 2.22. The van der Waals surface area contributed by atoms with Gasteiger partial charge >= 0.3 is 0 Å². The second-order valence-electron chi connectivity index (χ2n) is 2.39. The zero-order chi connectivity index (χ0) is 9.02. The zero-order valence-electron chi connectivity index (χ0n) is 8.39. The molecule has 0 aliphatic carbocycles. The highest BCUT2D eigenvalue weighted by Crippen LogP contribution is 2.05. The van der Waals surface area contributed by atoms with E-state index in [-0.39, 0.29) is 0 Å². The largest absolute Gasteiger partial charge is 0.335 e. The van der Waals surface area contributed by atoms with E-state index in [4.69, 9.17) is 0 Å². The first-order valence-corrected chi connectivity index (χ1v) is 4.09. The van der Waals surface area contributed by atoms with E-state index in [9.17, 15) is 0 Å². The van der Waals surface area contributed by atoms with Crippen LogP contribution in [0.4, 0.5) is 0 Å². The molecule has 0 saturated carbocycles. The average molecular weight is 154 g/mol. The van der Waals surface area contributed by atoms with Crippen molar-refractivity contribution < 1.29 is 0 Å². The van der Waals surface area contributed by atoms with Gasteiger partial charge in [-0.05, 0) is 20.8 Å². The number of hydrogen-bond acceptors (Lipinski definition) is 1. The molecule has 1 heterocycles. The molecule has 1 aromatic rings. The topological polar surface area (TPSA) is 17.8 Å². The lowest BCUT2D eigenvalue weighted by atomic mass is 10.4. The molecule has 2 heteroatoms. The minimum atomic E-state index is 1.09. The summed E-state index contributed by atoms with van der Waals surface area (Å²) in [4.78, 5) is 4.27. The van der Waals surface area contributed by atoms with Crippen LogP contribution in [0.15, 0.2) is 0 Å². The van der Waals surface area contributed by atoms with E-state index in [2.05, 4.69) is 16.5 Å². The zero-order valence-corrected chi connectivity index (χ0v) is 8.39. The molecule has 0 atom stereocenters. The molecule has 0 saturated heterocycles. The van der Waals surface area contributed by atoms with Crippen LogP contribution in [0.2, 0.25) is 0 Å². The molecule has 0 amide bonds. The van der Waals surface area contributed by atoms with Gasteiger partial charge in [-0.2, -0.15) is 0 Å². The molecule has 0 bridgehead atoms. The summed E-state index contributed by atoms with van der Waals surface area (Å²) >= 11 is 0. The molecular formula is C9H18N2. The van der Waals surface area contributed by atoms with Gasteiger partial charge in [0.05, 0.1) is 5.69 Å². The lowest BCUT2D eigenvalue weighted by Crippen LogP contribution is -1.92. The first-order chi connectivity index (χ1) is 5.13. The van der Waals surface area contributed by atoms with E-state index in [0.717, 1.165) is 11.5 Å². The van der Waals surface area contributed by atoms with Gasteiger partial charge in [0.1, 0.15) is 5.82 Å². The monoisotopic (exact) mass is 154 g/mol. The standard InChI is InChI=1S/C7H12N2.C2H6/c1-5-6(2)9(4)7(3)8-5;1-2/h1-4H3;1-2H3. The SMILES string of the molecule is CC.Cc1nc(C)n(C)c1C. The van der Waals surface area contributed by atoms with E-state index >= 15 is 0 Å². The maximum Gasteiger partial charge on any atom is 0.105 e. The summed E-state index contributed by atoms with van der Waals surface area (Å²) < 4.78 is 2.09. The number of nitrogens with zero attached hydrogens (tertiary/aromatic N) is 2. The van der Waals surface area contributed by atoms with Gasteiger partial charge in [0.25, 0.3) is 0 Å². The molecule has 1 rings (SSSR count). The van der Waals surface area contributed by atoms with Crippen molar-refractivity contribution in [3.05, 3.63) is 17.2 Å². The Hall–Kier alpha value is -0.790. The van der Waals surface area contributed by atoms with Gasteiger partial charge in [-0.25, -0.2) is 4.98 Å². The van der Waals surface area contributed by atoms with Crippen molar-refractivity contribution in [3.8, 4) is 0 Å². The second-order valence-corrected chi connectivity index (χ2v) is 2.39. The Morgan fingerprint density at radius 3 is 1.64 bits per heavy atom. The van der Waals surface area contributed by atoms with Crippen LogP contribution in [0.5, 0.6) is 0 Å². The summed E-state index contributed by atoms with van der Waals surface area (Å²) in [7, 11) is 2.03. The summed E-state index contributed by atoms with van der Waals surface area (Å²) in [6.07, 6.45) is 0. The van der Waals surface area contributed by atoms with E-state index in [0.29, 0.717) is 0 Å². The smallest absolute Gasteiger partial charge is 0.105 e. The van der Waals surface area contributed by atoms with Crippen LogP contribution in [-0.4, -0.2) is 9.55 Å². The molecule has 0 aromatic carbocycles. The van der Waals surface area contributed by atoms with Crippen LogP contribution in [0, 0.1) is 20.8 Å². The minimum Gasteiger partial charge on any atom is -0.335 e. The van der Waals surface area contributed by atoms with E-state index < -0.39 is 0 Å². The maximum absolute atomic E-state index is 4.27. The lowest BCUT2D eigenvalue weighted by molar-refractivity contribution is 0.827. The van der Waals surface area contributed by atoms with Crippen molar-refractivity contribution in [1.82, 2.24) is 9.55 Å². The predicted molar refractivity (Wildman–Crippen MR) is 48.8 cm³/mol. The van der Waals surface area contributed by atoms with Crippen molar-refractivity contribution in [3.63, 3.8) is 0 Å². The molecular weight excluding hydrogens is 136 g/mol. The molecule has 0 aliphatic rings. The van der Waals surface area contributed by atoms with E-state index in [1.165, 1.54) is 5.69 Å². The fourth-order valence-electron chi connectivity index (χ4n) is 0.884. The second kappa shape index (κ2) is 4.16. The normalized spacial score (nSPS) is 8.91. The molecule has 0 N–H and O–H groups in total. The number of aromatic nitrogens is 2. The van der Waals surface area contributed by atoms with Crippen LogP contribution in [0.3, 0.4) is 0 Å². The lowest BCUT2D eigenvalue weighted by Gasteiger charge is -1.94. The van der Waals surface area contributed by atoms with Crippen LogP contribution in [0.25, 0.3) is 0 Å². The van der Waals surface area contributed by atoms with Crippen LogP contribution >= 0.6 is 0 Å². The van der Waals surface area contributed by atoms with Gasteiger partial charge in [0.2, 0.25) is 0 Å². The van der Waals surface area contributed by atoms with Gasteiger partial charge in [-0.1, -0.05) is 13.8 Å². The molecule has 1 aromatic heterocycles. The third kappa shape index (κ3) is 2.07. The summed E-state index contributed by atoms with van der Waals surface area (Å²) in [5.74, 6) is 1.09. The molecule has 0 unspecified atom stereocenters. The van der Waals surface area contributed by atoms with E-state index in [1.807, 2.05) is 34.7 Å². The third-order valence-electron chi connectivity index (χ3n) is 1.84. The minimum absolute atomic E-state index is 1.09. The highest BCUT2D eigenvalue weighted by Gasteiger charge is 2.00. The van der Waals surface area contributed by atoms with Crippen molar-refractivity contribution in [1.29, 1.82) is 0 Å². The van der Waals surface area contributed by atoms with E-state index in [1.54, 1.807) is 0 Å². The Kier molecular flexibility index (Phi) is 3.86. The Balaban J connectivity index is 0.000000461. The summed E-state index contributed by atoms with van der Waals surface area (Å²) in [5.41, 5.74) is 2.39. The first kappa shape index (κ1) is 10.2. The quantitative estimate of drug-likeness (QED) is 0.561. The van der Waals surface area contributed by atoms with Crippen LogP contribution in [-0.2, 0) is 7.05 Å². The van der Waals surface area contributed by atoms with Crippen molar-refractivity contribution in [2.45, 2.75) is 34.6 Å². The Morgan fingerprint density at radius 2 is 1.55 bits per heavy atom. The van der Waals surface area contributed by atoms with Gasteiger partial charge in [-0.15, -0.1) is 0 Å². The van der Waals surface area contributed by atoms with Gasteiger partial charge in [0, 0.05) is 12.7 Å². The van der Waals surface area contributed by atoms with Crippen molar-refractivity contribution in [2.75, 3.05) is 0 Å². The molecule has 0 spiro atoms. The van der Waals surface area contributed by atoms with Crippen molar-refractivity contribution >= 4 is 0 Å². The van der Waals surface area contributed by atoms with Crippen molar-refractivity contribution in [2.24, 2.45) is 7.05 Å². The Labute approximate surface area is 69.3 Å². The maximum atomic E-state index is 4.27. The van der Waals surface area contributed by atoms with Gasteiger partial charge < -0.3 is 4.57 Å². The molecule has 2 nitrogen and oxygen atoms in total. The highest BCUT2D eigenvalue weighted by atomic mass is 15.1. The molecule has 0 aliphatic heterocycles. The summed E-state index contributed by atoms with van der Waals surface area (Å²) in [6.45, 7) is 10.1. The fraction of sp³-hybridized carbons (Fsp3) is 0.667. The summed E-state index contributed by atoms with van der Waals surface area (Å²) in [5, 5.41) is 0. The molecule has 11 heavy (non-hydrogen) atoms. The number of rotatable bonds is 0. The fourth-order valence-corrected chi connectivity index (χ4v) is 0.884. The number of aryl methyl sites for hydroxylation is 2. The number of imidazole rings is 1. The summed E-state index contributed by atoms with van der Waals surface area (Å²) in [6, 6.07) is 0. The first-order valence-electron chi connectivity index (χ1n) is 4.09. The molecule has 64 valence electrons. The Morgan fingerprint density at radius 1 is 1.09 bits per heavy atom. The molecule has 0 fully saturated rings. The highest BCUT2D eigenvalue weighted by molar-refractivity contribution is 5.12. The molecule has 0 radical (unpaired) electrons.